The van der Waals surface area contributed by atoms with Gasteiger partial charge in [0.15, 0.2) is 5.96 Å². The number of methoxy groups -OCH3 is 1. The molecule has 1 saturated carbocycles. The van der Waals surface area contributed by atoms with E-state index < -0.39 is 0 Å². The second kappa shape index (κ2) is 11.8. The van der Waals surface area contributed by atoms with Gasteiger partial charge >= 0.3 is 0 Å². The van der Waals surface area contributed by atoms with Crippen molar-refractivity contribution in [2.24, 2.45) is 10.9 Å². The van der Waals surface area contributed by atoms with E-state index in [1.165, 1.54) is 0 Å². The van der Waals surface area contributed by atoms with E-state index >= 15 is 0 Å². The van der Waals surface area contributed by atoms with Crippen LogP contribution >= 0.6 is 24.0 Å². The summed E-state index contributed by atoms with van der Waals surface area (Å²) in [7, 11) is 1.57. The van der Waals surface area contributed by atoms with Gasteiger partial charge in [-0.25, -0.2) is 0 Å². The first-order valence-corrected chi connectivity index (χ1v) is 8.79. The molecule has 0 bridgehead atoms. The van der Waals surface area contributed by atoms with Crippen LogP contribution in [0.15, 0.2) is 23.2 Å². The number of phenols is 1. The standard InChI is InChI=1S/C18H28N4O3.HI/c1-3-19-18(22-11-10-20-17(24)14-4-5-14)21-9-8-13-6-7-15(25-2)12-16(13)23;/h6-7,12,14,23H,3-5,8-11H2,1-2H3,(H,20,24)(H2,19,21,22);1H. The summed E-state index contributed by atoms with van der Waals surface area (Å²) in [5, 5.41) is 19.2. The molecule has 0 aliphatic heterocycles. The maximum Gasteiger partial charge on any atom is 0.223 e. The number of nitrogens with zero attached hydrogens (tertiary/aromatic N) is 1. The van der Waals surface area contributed by atoms with Crippen molar-refractivity contribution in [3.05, 3.63) is 23.8 Å². The van der Waals surface area contributed by atoms with Gasteiger partial charge in [0.2, 0.25) is 5.91 Å². The maximum absolute atomic E-state index is 11.6. The van der Waals surface area contributed by atoms with Crippen molar-refractivity contribution in [1.82, 2.24) is 16.0 Å². The van der Waals surface area contributed by atoms with E-state index in [4.69, 9.17) is 4.74 Å². The van der Waals surface area contributed by atoms with E-state index in [9.17, 15) is 9.90 Å². The molecule has 1 aromatic carbocycles. The lowest BCUT2D eigenvalue weighted by molar-refractivity contribution is -0.122. The number of rotatable bonds is 9. The Hall–Kier alpha value is -1.71. The average molecular weight is 476 g/mol. The lowest BCUT2D eigenvalue weighted by Crippen LogP contribution is -2.41. The van der Waals surface area contributed by atoms with Crippen molar-refractivity contribution in [2.45, 2.75) is 26.2 Å². The highest BCUT2D eigenvalue weighted by Crippen LogP contribution is 2.28. The monoisotopic (exact) mass is 476 g/mol. The van der Waals surface area contributed by atoms with Gasteiger partial charge in [0, 0.05) is 38.2 Å². The van der Waals surface area contributed by atoms with Crippen LogP contribution in [0.4, 0.5) is 0 Å². The van der Waals surface area contributed by atoms with Crippen LogP contribution in [-0.4, -0.2) is 50.3 Å². The molecule has 0 atom stereocenters. The summed E-state index contributed by atoms with van der Waals surface area (Å²) in [5.74, 6) is 1.94. The first-order chi connectivity index (χ1) is 12.1. The summed E-state index contributed by atoms with van der Waals surface area (Å²) >= 11 is 0. The Morgan fingerprint density at radius 1 is 1.27 bits per heavy atom. The number of benzene rings is 1. The smallest absolute Gasteiger partial charge is 0.223 e. The molecule has 7 nitrogen and oxygen atoms in total. The van der Waals surface area contributed by atoms with E-state index in [1.54, 1.807) is 13.2 Å². The number of carbonyl (C=O) groups excluding carboxylic acids is 1. The maximum atomic E-state index is 11.6. The minimum absolute atomic E-state index is 0. The van der Waals surface area contributed by atoms with E-state index in [1.807, 2.05) is 19.1 Å². The van der Waals surface area contributed by atoms with Crippen LogP contribution in [0.5, 0.6) is 11.5 Å². The van der Waals surface area contributed by atoms with Crippen LogP contribution < -0.4 is 20.7 Å². The Bertz CT molecular complexity index is 606. The van der Waals surface area contributed by atoms with Crippen molar-refractivity contribution in [1.29, 1.82) is 0 Å². The van der Waals surface area contributed by atoms with Gasteiger partial charge in [0.25, 0.3) is 0 Å². The third-order valence-electron chi connectivity index (χ3n) is 3.95. The van der Waals surface area contributed by atoms with Gasteiger partial charge < -0.3 is 25.8 Å². The Morgan fingerprint density at radius 2 is 2.00 bits per heavy atom. The minimum Gasteiger partial charge on any atom is -0.508 e. The number of amides is 1. The average Bonchev–Trinajstić information content (AvgIpc) is 3.44. The van der Waals surface area contributed by atoms with Crippen LogP contribution in [0.3, 0.4) is 0 Å². The zero-order valence-corrected chi connectivity index (χ0v) is 17.7. The van der Waals surface area contributed by atoms with Gasteiger partial charge in [-0.1, -0.05) is 6.07 Å². The molecule has 2 rings (SSSR count). The van der Waals surface area contributed by atoms with E-state index in [0.717, 1.165) is 24.9 Å². The predicted molar refractivity (Wildman–Crippen MR) is 113 cm³/mol. The normalized spacial score (nSPS) is 13.5. The van der Waals surface area contributed by atoms with Gasteiger partial charge in [-0.2, -0.15) is 0 Å². The van der Waals surface area contributed by atoms with Crippen molar-refractivity contribution >= 4 is 35.8 Å². The van der Waals surface area contributed by atoms with Crippen molar-refractivity contribution in [3.63, 3.8) is 0 Å². The molecule has 1 aliphatic carbocycles. The number of hydrogen-bond donors (Lipinski definition) is 4. The number of carbonyl (C=O) groups is 1. The minimum atomic E-state index is 0. The molecule has 0 radical (unpaired) electrons. The van der Waals surface area contributed by atoms with Gasteiger partial charge in [-0.05, 0) is 37.8 Å². The molecular formula is C18H29IN4O3. The number of guanidine groups is 1. The van der Waals surface area contributed by atoms with Crippen LogP contribution in [0.1, 0.15) is 25.3 Å². The number of phenolic OH excluding ortho intramolecular Hbond substituents is 1. The van der Waals surface area contributed by atoms with Crippen LogP contribution in [0.2, 0.25) is 0 Å². The van der Waals surface area contributed by atoms with Crippen molar-refractivity contribution < 1.29 is 14.6 Å². The summed E-state index contributed by atoms with van der Waals surface area (Å²) in [4.78, 5) is 16.1. The summed E-state index contributed by atoms with van der Waals surface area (Å²) in [5.41, 5.74) is 0.831. The second-order valence-corrected chi connectivity index (χ2v) is 6.00. The highest BCUT2D eigenvalue weighted by atomic mass is 127. The largest absolute Gasteiger partial charge is 0.508 e. The molecule has 1 amide bonds. The number of aliphatic imine (C=N–C) groups is 1. The summed E-state index contributed by atoms with van der Waals surface area (Å²) in [6.45, 7) is 4.51. The fourth-order valence-corrected chi connectivity index (χ4v) is 2.37. The van der Waals surface area contributed by atoms with E-state index in [-0.39, 0.29) is 41.6 Å². The molecule has 0 spiro atoms. The Kier molecular flexibility index (Phi) is 10.2. The zero-order valence-electron chi connectivity index (χ0n) is 15.4. The first-order valence-electron chi connectivity index (χ1n) is 8.79. The first kappa shape index (κ1) is 22.3. The Balaban J connectivity index is 0.00000338. The topological polar surface area (TPSA) is 95.0 Å². The molecule has 0 unspecified atom stereocenters. The number of nitrogens with one attached hydrogen (secondary N) is 3. The summed E-state index contributed by atoms with van der Waals surface area (Å²) in [6, 6.07) is 5.27. The number of aromatic hydroxyl groups is 1. The molecule has 146 valence electrons. The van der Waals surface area contributed by atoms with Crippen molar-refractivity contribution in [2.75, 3.05) is 33.3 Å². The zero-order chi connectivity index (χ0) is 18.1. The van der Waals surface area contributed by atoms with Crippen LogP contribution in [0.25, 0.3) is 0 Å². The lowest BCUT2D eigenvalue weighted by Gasteiger charge is -2.12. The molecule has 0 heterocycles. The lowest BCUT2D eigenvalue weighted by atomic mass is 10.1. The molecule has 0 saturated heterocycles. The van der Waals surface area contributed by atoms with Gasteiger partial charge in [-0.15, -0.1) is 24.0 Å². The van der Waals surface area contributed by atoms with Gasteiger partial charge in [0.1, 0.15) is 11.5 Å². The number of hydrogen-bond acceptors (Lipinski definition) is 4. The van der Waals surface area contributed by atoms with Crippen molar-refractivity contribution in [3.8, 4) is 11.5 Å². The fraction of sp³-hybridized carbons (Fsp3) is 0.556. The van der Waals surface area contributed by atoms with Crippen LogP contribution in [0, 0.1) is 5.92 Å². The van der Waals surface area contributed by atoms with E-state index in [0.29, 0.717) is 37.8 Å². The fourth-order valence-electron chi connectivity index (χ4n) is 2.37. The molecule has 1 fully saturated rings. The van der Waals surface area contributed by atoms with Crippen LogP contribution in [-0.2, 0) is 11.2 Å². The molecule has 1 aliphatic rings. The molecule has 1 aromatic rings. The Labute approximate surface area is 172 Å². The molecular weight excluding hydrogens is 447 g/mol. The predicted octanol–water partition coefficient (Wildman–Crippen LogP) is 1.64. The molecule has 8 heteroatoms. The van der Waals surface area contributed by atoms with Gasteiger partial charge in [0.05, 0.1) is 7.11 Å². The molecule has 26 heavy (non-hydrogen) atoms. The summed E-state index contributed by atoms with van der Waals surface area (Å²) < 4.78 is 5.08. The Morgan fingerprint density at radius 3 is 2.62 bits per heavy atom. The number of ether oxygens (including phenoxy) is 1. The molecule has 0 aromatic heterocycles. The second-order valence-electron chi connectivity index (χ2n) is 6.00. The SMILES string of the molecule is CCNC(=NCCc1ccc(OC)cc1O)NCCNC(=O)C1CC1.I. The third-order valence-corrected chi connectivity index (χ3v) is 3.95. The highest BCUT2D eigenvalue weighted by molar-refractivity contribution is 14.0. The molecule has 4 N–H and O–H groups in total. The quantitative estimate of drug-likeness (QED) is 0.188. The van der Waals surface area contributed by atoms with E-state index in [2.05, 4.69) is 20.9 Å². The highest BCUT2D eigenvalue weighted by Gasteiger charge is 2.28. The summed E-state index contributed by atoms with van der Waals surface area (Å²) in [6.07, 6.45) is 2.66. The van der Waals surface area contributed by atoms with Gasteiger partial charge in [-0.3, -0.25) is 9.79 Å². The third kappa shape index (κ3) is 7.67. The number of halogens is 1.